The maximum Gasteiger partial charge on any atom is 0.363 e. The normalized spacial score (nSPS) is 16.5. The highest BCUT2D eigenvalue weighted by atomic mass is 35.5. The first-order chi connectivity index (χ1) is 10.2. The Bertz CT molecular complexity index is 743. The first kappa shape index (κ1) is 13.8. The number of aliphatic imine (C=N–C) groups is 1. The molecule has 0 saturated heterocycles. The first-order valence-electron chi connectivity index (χ1n) is 6.20. The summed E-state index contributed by atoms with van der Waals surface area (Å²) >= 11 is 7.36. The summed E-state index contributed by atoms with van der Waals surface area (Å²) in [6.07, 6.45) is 5.20. The van der Waals surface area contributed by atoms with Crippen LogP contribution in [0.15, 0.2) is 58.5 Å². The summed E-state index contributed by atoms with van der Waals surface area (Å²) < 4.78 is 5.10. The molecule has 0 unspecified atom stereocenters. The van der Waals surface area contributed by atoms with Gasteiger partial charge in [-0.25, -0.2) is 9.79 Å². The number of cyclic esters (lactones) is 1. The average molecular weight is 316 g/mol. The van der Waals surface area contributed by atoms with Crippen LogP contribution in [0.2, 0.25) is 5.02 Å². The number of ether oxygens (including phenoxy) is 1. The van der Waals surface area contributed by atoms with Crippen molar-refractivity contribution in [3.8, 4) is 0 Å². The molecule has 104 valence electrons. The van der Waals surface area contributed by atoms with Crippen LogP contribution in [0.25, 0.3) is 12.2 Å². The van der Waals surface area contributed by atoms with Crippen LogP contribution in [0, 0.1) is 0 Å². The van der Waals surface area contributed by atoms with Gasteiger partial charge in [0, 0.05) is 16.0 Å². The molecule has 1 aliphatic rings. The average Bonchev–Trinajstić information content (AvgIpc) is 3.10. The van der Waals surface area contributed by atoms with Crippen LogP contribution in [0.3, 0.4) is 0 Å². The van der Waals surface area contributed by atoms with Crippen LogP contribution in [-0.4, -0.2) is 11.9 Å². The van der Waals surface area contributed by atoms with E-state index >= 15 is 0 Å². The molecule has 21 heavy (non-hydrogen) atoms. The Kier molecular flexibility index (Phi) is 3.99. The molecule has 3 rings (SSSR count). The highest BCUT2D eigenvalue weighted by Crippen LogP contribution is 2.19. The Morgan fingerprint density at radius 1 is 1.14 bits per heavy atom. The van der Waals surface area contributed by atoms with E-state index in [4.69, 9.17) is 16.3 Å². The van der Waals surface area contributed by atoms with Gasteiger partial charge in [0.1, 0.15) is 0 Å². The largest absolute Gasteiger partial charge is 0.403 e. The van der Waals surface area contributed by atoms with E-state index in [-0.39, 0.29) is 5.90 Å². The van der Waals surface area contributed by atoms with Crippen LogP contribution in [0.1, 0.15) is 10.4 Å². The number of hydrogen-bond acceptors (Lipinski definition) is 4. The lowest BCUT2D eigenvalue weighted by molar-refractivity contribution is -0.129. The molecular formula is C16H10ClNO2S. The molecule has 1 aromatic carbocycles. The molecule has 0 N–H and O–H groups in total. The number of esters is 1. The number of benzene rings is 1. The first-order valence-corrected chi connectivity index (χ1v) is 7.46. The second-order valence-corrected chi connectivity index (χ2v) is 5.69. The predicted molar refractivity (Wildman–Crippen MR) is 86.3 cm³/mol. The van der Waals surface area contributed by atoms with Crippen molar-refractivity contribution < 1.29 is 9.53 Å². The van der Waals surface area contributed by atoms with Gasteiger partial charge in [0.05, 0.1) is 0 Å². The van der Waals surface area contributed by atoms with Crippen molar-refractivity contribution in [3.05, 3.63) is 69.0 Å². The summed E-state index contributed by atoms with van der Waals surface area (Å²) in [5, 5.41) is 2.62. The van der Waals surface area contributed by atoms with Crippen molar-refractivity contribution in [2.75, 3.05) is 0 Å². The van der Waals surface area contributed by atoms with Crippen LogP contribution in [0.4, 0.5) is 0 Å². The van der Waals surface area contributed by atoms with E-state index in [2.05, 4.69) is 4.99 Å². The summed E-state index contributed by atoms with van der Waals surface area (Å²) in [7, 11) is 0. The fraction of sp³-hybridized carbons (Fsp3) is 0. The standard InChI is InChI=1S/C16H10ClNO2S/c17-12-6-3-11(4-7-12)5-8-15-18-14(16(19)20-15)10-13-2-1-9-21-13/h1-10H/b8-5+,14-10+. The highest BCUT2D eigenvalue weighted by Gasteiger charge is 2.21. The molecule has 0 aliphatic carbocycles. The van der Waals surface area contributed by atoms with Crippen LogP contribution in [0.5, 0.6) is 0 Å². The second kappa shape index (κ2) is 6.08. The summed E-state index contributed by atoms with van der Waals surface area (Å²) in [6.45, 7) is 0. The Morgan fingerprint density at radius 2 is 1.95 bits per heavy atom. The molecule has 0 amide bonds. The van der Waals surface area contributed by atoms with Gasteiger partial charge >= 0.3 is 5.97 Å². The zero-order valence-corrected chi connectivity index (χ0v) is 12.4. The lowest BCUT2D eigenvalue weighted by Crippen LogP contribution is -2.00. The van der Waals surface area contributed by atoms with Gasteiger partial charge < -0.3 is 4.74 Å². The maximum absolute atomic E-state index is 11.7. The van der Waals surface area contributed by atoms with Crippen molar-refractivity contribution in [1.82, 2.24) is 0 Å². The maximum atomic E-state index is 11.7. The highest BCUT2D eigenvalue weighted by molar-refractivity contribution is 7.10. The smallest absolute Gasteiger partial charge is 0.363 e. The van der Waals surface area contributed by atoms with Crippen LogP contribution < -0.4 is 0 Å². The third kappa shape index (κ3) is 3.48. The lowest BCUT2D eigenvalue weighted by Gasteiger charge is -1.93. The van der Waals surface area contributed by atoms with Gasteiger partial charge in [0.2, 0.25) is 5.90 Å². The number of nitrogens with zero attached hydrogens (tertiary/aromatic N) is 1. The summed E-state index contributed by atoms with van der Waals surface area (Å²) in [5.74, 6) is -0.142. The Labute approximate surface area is 130 Å². The van der Waals surface area contributed by atoms with Crippen molar-refractivity contribution in [2.45, 2.75) is 0 Å². The zero-order valence-electron chi connectivity index (χ0n) is 10.8. The van der Waals surface area contributed by atoms with E-state index in [0.29, 0.717) is 10.7 Å². The molecule has 0 spiro atoms. The Hall–Kier alpha value is -2.17. The second-order valence-electron chi connectivity index (χ2n) is 4.27. The Morgan fingerprint density at radius 3 is 2.67 bits per heavy atom. The number of hydrogen-bond donors (Lipinski definition) is 0. The number of rotatable bonds is 3. The number of thiophene rings is 1. The van der Waals surface area contributed by atoms with Crippen LogP contribution >= 0.6 is 22.9 Å². The molecule has 0 saturated carbocycles. The van der Waals surface area contributed by atoms with Gasteiger partial charge in [-0.3, -0.25) is 0 Å². The van der Waals surface area contributed by atoms with Crippen molar-refractivity contribution in [1.29, 1.82) is 0 Å². The molecule has 1 aliphatic heterocycles. The minimum absolute atomic E-state index is 0.290. The molecular weight excluding hydrogens is 306 g/mol. The molecule has 3 nitrogen and oxygen atoms in total. The van der Waals surface area contributed by atoms with Crippen LogP contribution in [-0.2, 0) is 9.53 Å². The monoisotopic (exact) mass is 315 g/mol. The predicted octanol–water partition coefficient (Wildman–Crippen LogP) is 4.41. The van der Waals surface area contributed by atoms with Crippen molar-refractivity contribution in [2.24, 2.45) is 4.99 Å². The minimum Gasteiger partial charge on any atom is -0.403 e. The molecule has 0 bridgehead atoms. The third-order valence-electron chi connectivity index (χ3n) is 2.75. The zero-order chi connectivity index (χ0) is 14.7. The molecule has 0 radical (unpaired) electrons. The lowest BCUT2D eigenvalue weighted by atomic mass is 10.2. The van der Waals surface area contributed by atoms with Gasteiger partial charge in [-0.2, -0.15) is 0 Å². The van der Waals surface area contributed by atoms with E-state index in [1.165, 1.54) is 0 Å². The minimum atomic E-state index is -0.431. The van der Waals surface area contributed by atoms with Crippen molar-refractivity contribution in [3.63, 3.8) is 0 Å². The topological polar surface area (TPSA) is 38.7 Å². The van der Waals surface area contributed by atoms with E-state index in [1.807, 2.05) is 35.7 Å². The Balaban J connectivity index is 1.77. The van der Waals surface area contributed by atoms with E-state index in [0.717, 1.165) is 10.4 Å². The molecule has 0 fully saturated rings. The summed E-state index contributed by atoms with van der Waals surface area (Å²) in [5.41, 5.74) is 1.27. The molecule has 0 atom stereocenters. The molecule has 5 heteroatoms. The van der Waals surface area contributed by atoms with Gasteiger partial charge in [-0.05, 0) is 41.3 Å². The molecule has 2 aromatic rings. The van der Waals surface area contributed by atoms with E-state index < -0.39 is 5.97 Å². The molecule has 1 aromatic heterocycles. The third-order valence-corrected chi connectivity index (χ3v) is 3.82. The number of halogens is 1. The SMILES string of the molecule is O=C1OC(/C=C/c2ccc(Cl)cc2)=NC/1=C/c1cccs1. The quantitative estimate of drug-likeness (QED) is 0.621. The van der Waals surface area contributed by atoms with Gasteiger partial charge in [0.15, 0.2) is 5.70 Å². The fourth-order valence-electron chi connectivity index (χ4n) is 1.75. The number of carbonyl (C=O) groups excluding carboxylic acids is 1. The number of carbonyl (C=O) groups is 1. The van der Waals surface area contributed by atoms with Gasteiger partial charge in [-0.1, -0.05) is 29.8 Å². The summed E-state index contributed by atoms with van der Waals surface area (Å²) in [4.78, 5) is 16.9. The molecule has 2 heterocycles. The van der Waals surface area contributed by atoms with Crippen molar-refractivity contribution >= 4 is 47.0 Å². The van der Waals surface area contributed by atoms with E-state index in [9.17, 15) is 4.79 Å². The summed E-state index contributed by atoms with van der Waals surface area (Å²) in [6, 6.07) is 11.2. The van der Waals surface area contributed by atoms with E-state index in [1.54, 1.807) is 35.6 Å². The van der Waals surface area contributed by atoms with Gasteiger partial charge in [-0.15, -0.1) is 11.3 Å². The van der Waals surface area contributed by atoms with Gasteiger partial charge in [0.25, 0.3) is 0 Å². The fourth-order valence-corrected chi connectivity index (χ4v) is 2.52.